The molecule has 27 heavy (non-hydrogen) atoms. The third-order valence-corrected chi connectivity index (χ3v) is 5.39. The van der Waals surface area contributed by atoms with E-state index in [1.54, 1.807) is 18.2 Å². The van der Waals surface area contributed by atoms with E-state index in [0.29, 0.717) is 5.92 Å². The van der Waals surface area contributed by atoms with Crippen LogP contribution in [-0.4, -0.2) is 24.4 Å². The maximum atomic E-state index is 12.2. The number of hydrazine groups is 1. The fourth-order valence-corrected chi connectivity index (χ4v) is 3.55. The summed E-state index contributed by atoms with van der Waals surface area (Å²) in [4.78, 5) is 35.9. The molecule has 0 heterocycles. The molecule has 0 saturated heterocycles. The summed E-state index contributed by atoms with van der Waals surface area (Å²) in [5.41, 5.74) is 4.96. The van der Waals surface area contributed by atoms with Gasteiger partial charge in [0.05, 0.1) is 16.5 Å². The van der Waals surface area contributed by atoms with E-state index in [1.807, 2.05) is 0 Å². The van der Waals surface area contributed by atoms with Gasteiger partial charge in [-0.2, -0.15) is 0 Å². The maximum Gasteiger partial charge on any atom is 0.309 e. The van der Waals surface area contributed by atoms with E-state index in [4.69, 9.17) is 16.3 Å². The highest BCUT2D eigenvalue weighted by atomic mass is 35.5. The van der Waals surface area contributed by atoms with Gasteiger partial charge in [0.25, 0.3) is 11.8 Å². The van der Waals surface area contributed by atoms with Crippen LogP contribution in [0.1, 0.15) is 56.8 Å². The zero-order chi connectivity index (χ0) is 20.0. The number of carbonyl (C=O) groups is 3. The fourth-order valence-electron chi connectivity index (χ4n) is 3.32. The number of ether oxygens (including phenoxy) is 1. The molecule has 0 bridgehead atoms. The number of carbonyl (C=O) groups excluding carboxylic acids is 3. The predicted molar refractivity (Wildman–Crippen MR) is 103 cm³/mol. The number of hydrogen-bond acceptors (Lipinski definition) is 4. The number of benzene rings is 1. The number of halogens is 1. The molecule has 1 saturated carbocycles. The second kappa shape index (κ2) is 9.22. The van der Waals surface area contributed by atoms with Crippen LogP contribution in [0.4, 0.5) is 0 Å². The molecule has 0 atom stereocenters. The number of rotatable bonds is 4. The molecule has 2 N–H and O–H groups in total. The second-order valence-electron chi connectivity index (χ2n) is 8.00. The van der Waals surface area contributed by atoms with Gasteiger partial charge >= 0.3 is 5.97 Å². The average Bonchev–Trinajstić information content (AvgIpc) is 2.64. The van der Waals surface area contributed by atoms with Crippen LogP contribution in [-0.2, 0) is 14.3 Å². The summed E-state index contributed by atoms with van der Waals surface area (Å²) in [6.45, 7) is 6.23. The molecule has 1 aliphatic rings. The van der Waals surface area contributed by atoms with Crippen LogP contribution in [0.15, 0.2) is 24.3 Å². The second-order valence-corrected chi connectivity index (χ2v) is 8.41. The van der Waals surface area contributed by atoms with Crippen LogP contribution in [0.2, 0.25) is 5.02 Å². The molecule has 0 aliphatic heterocycles. The van der Waals surface area contributed by atoms with E-state index in [9.17, 15) is 14.4 Å². The SMILES string of the molecule is CC(C)(C)C1CCC(C(=O)OCC(=O)NNC(=O)c2ccccc2Cl)CC1. The minimum atomic E-state index is -0.605. The van der Waals surface area contributed by atoms with Crippen LogP contribution in [0.5, 0.6) is 0 Å². The first-order chi connectivity index (χ1) is 12.7. The topological polar surface area (TPSA) is 84.5 Å². The quantitative estimate of drug-likeness (QED) is 0.604. The summed E-state index contributed by atoms with van der Waals surface area (Å²) in [6, 6.07) is 6.48. The summed E-state index contributed by atoms with van der Waals surface area (Å²) in [5, 5.41) is 0.279. The van der Waals surface area contributed by atoms with Crippen molar-refractivity contribution >= 4 is 29.4 Å². The molecular formula is C20H27ClN2O4. The lowest BCUT2D eigenvalue weighted by Gasteiger charge is -2.36. The Hall–Kier alpha value is -2.08. The number of nitrogens with one attached hydrogen (secondary N) is 2. The van der Waals surface area contributed by atoms with E-state index in [0.717, 1.165) is 25.7 Å². The van der Waals surface area contributed by atoms with E-state index in [1.165, 1.54) is 6.07 Å². The smallest absolute Gasteiger partial charge is 0.309 e. The zero-order valence-electron chi connectivity index (χ0n) is 16.0. The van der Waals surface area contributed by atoms with E-state index < -0.39 is 18.4 Å². The van der Waals surface area contributed by atoms with Crippen molar-refractivity contribution in [3.05, 3.63) is 34.9 Å². The van der Waals surface area contributed by atoms with Gasteiger partial charge in [0.1, 0.15) is 0 Å². The minimum absolute atomic E-state index is 0.158. The Bertz CT molecular complexity index is 691. The van der Waals surface area contributed by atoms with Gasteiger partial charge in [-0.1, -0.05) is 44.5 Å². The van der Waals surface area contributed by atoms with Crippen molar-refractivity contribution in [3.63, 3.8) is 0 Å². The Balaban J connectivity index is 1.70. The summed E-state index contributed by atoms with van der Waals surface area (Å²) in [5.74, 6) is -1.05. The highest BCUT2D eigenvalue weighted by molar-refractivity contribution is 6.33. The van der Waals surface area contributed by atoms with Gasteiger partial charge in [0.2, 0.25) is 0 Å². The first-order valence-corrected chi connectivity index (χ1v) is 9.56. The van der Waals surface area contributed by atoms with Crippen LogP contribution in [0.3, 0.4) is 0 Å². The molecule has 0 radical (unpaired) electrons. The van der Waals surface area contributed by atoms with Gasteiger partial charge in [-0.3, -0.25) is 25.2 Å². The molecule has 2 amide bonds. The van der Waals surface area contributed by atoms with Crippen molar-refractivity contribution in [1.29, 1.82) is 0 Å². The largest absolute Gasteiger partial charge is 0.455 e. The molecule has 1 aromatic carbocycles. The first kappa shape index (κ1) is 21.2. The Morgan fingerprint density at radius 2 is 1.70 bits per heavy atom. The molecule has 1 aromatic rings. The molecule has 0 spiro atoms. The highest BCUT2D eigenvalue weighted by Gasteiger charge is 2.33. The van der Waals surface area contributed by atoms with Crippen molar-refractivity contribution in [1.82, 2.24) is 10.9 Å². The number of hydrogen-bond donors (Lipinski definition) is 2. The molecule has 2 rings (SSSR count). The molecule has 1 aliphatic carbocycles. The molecule has 148 valence electrons. The Morgan fingerprint density at radius 3 is 2.30 bits per heavy atom. The van der Waals surface area contributed by atoms with Crippen molar-refractivity contribution in [2.24, 2.45) is 17.3 Å². The average molecular weight is 395 g/mol. The number of esters is 1. The monoisotopic (exact) mass is 394 g/mol. The minimum Gasteiger partial charge on any atom is -0.455 e. The standard InChI is InChI=1S/C20H27ClN2O4/c1-20(2,3)14-10-8-13(9-11-14)19(26)27-12-17(24)22-23-18(25)15-6-4-5-7-16(15)21/h4-7,13-14H,8-12H2,1-3H3,(H,22,24)(H,23,25). The molecule has 7 heteroatoms. The van der Waals surface area contributed by atoms with Gasteiger partial charge < -0.3 is 4.74 Å². The molecular weight excluding hydrogens is 368 g/mol. The summed E-state index contributed by atoms with van der Waals surface area (Å²) < 4.78 is 5.10. The van der Waals surface area contributed by atoms with Crippen LogP contribution < -0.4 is 10.9 Å². The van der Waals surface area contributed by atoms with Gasteiger partial charge in [0, 0.05) is 0 Å². The summed E-state index contributed by atoms with van der Waals surface area (Å²) in [6.07, 6.45) is 3.55. The van der Waals surface area contributed by atoms with E-state index in [-0.39, 0.29) is 27.9 Å². The zero-order valence-corrected chi connectivity index (χ0v) is 16.8. The maximum absolute atomic E-state index is 12.2. The molecule has 0 unspecified atom stereocenters. The van der Waals surface area contributed by atoms with E-state index in [2.05, 4.69) is 31.6 Å². The fraction of sp³-hybridized carbons (Fsp3) is 0.550. The Kier molecular flexibility index (Phi) is 7.25. The van der Waals surface area contributed by atoms with Gasteiger partial charge in [-0.25, -0.2) is 0 Å². The predicted octanol–water partition coefficient (Wildman–Crippen LogP) is 3.50. The molecule has 6 nitrogen and oxygen atoms in total. The van der Waals surface area contributed by atoms with Crippen LogP contribution in [0, 0.1) is 17.3 Å². The highest BCUT2D eigenvalue weighted by Crippen LogP contribution is 2.40. The van der Waals surface area contributed by atoms with Gasteiger partial charge in [0.15, 0.2) is 6.61 Å². The van der Waals surface area contributed by atoms with Crippen molar-refractivity contribution in [3.8, 4) is 0 Å². The van der Waals surface area contributed by atoms with Gasteiger partial charge in [-0.15, -0.1) is 0 Å². The van der Waals surface area contributed by atoms with Crippen LogP contribution >= 0.6 is 11.6 Å². The third-order valence-electron chi connectivity index (χ3n) is 5.06. The van der Waals surface area contributed by atoms with Gasteiger partial charge in [-0.05, 0) is 49.1 Å². The third kappa shape index (κ3) is 6.24. The van der Waals surface area contributed by atoms with Crippen molar-refractivity contribution < 1.29 is 19.1 Å². The normalized spacial score (nSPS) is 19.9. The van der Waals surface area contributed by atoms with Crippen LogP contribution in [0.25, 0.3) is 0 Å². The number of amides is 2. The lowest BCUT2D eigenvalue weighted by atomic mass is 9.70. The van der Waals surface area contributed by atoms with E-state index >= 15 is 0 Å². The summed E-state index contributed by atoms with van der Waals surface area (Å²) in [7, 11) is 0. The molecule has 1 fully saturated rings. The lowest BCUT2D eigenvalue weighted by Crippen LogP contribution is -2.44. The first-order valence-electron chi connectivity index (χ1n) is 9.19. The Morgan fingerprint density at radius 1 is 1.07 bits per heavy atom. The molecule has 0 aromatic heterocycles. The lowest BCUT2D eigenvalue weighted by molar-refractivity contribution is -0.154. The van der Waals surface area contributed by atoms with Crippen molar-refractivity contribution in [2.45, 2.75) is 46.5 Å². The van der Waals surface area contributed by atoms with Crippen molar-refractivity contribution in [2.75, 3.05) is 6.61 Å². The Labute approximate surface area is 165 Å². The summed E-state index contributed by atoms with van der Waals surface area (Å²) >= 11 is 5.92.